The summed E-state index contributed by atoms with van der Waals surface area (Å²) in [7, 11) is 0. The molecule has 2 unspecified atom stereocenters. The van der Waals surface area contributed by atoms with E-state index < -0.39 is 0 Å². The molecule has 0 bridgehead atoms. The second-order valence-electron chi connectivity index (χ2n) is 5.77. The lowest BCUT2D eigenvalue weighted by molar-refractivity contribution is -0.163. The summed E-state index contributed by atoms with van der Waals surface area (Å²) < 4.78 is 12.0. The molecule has 1 spiro atoms. The van der Waals surface area contributed by atoms with Crippen molar-refractivity contribution >= 4 is 0 Å². The number of hydrogen-bond acceptors (Lipinski definition) is 4. The van der Waals surface area contributed by atoms with Gasteiger partial charge in [0.15, 0.2) is 5.79 Å². The smallest absolute Gasteiger partial charge is 0.168 e. The molecule has 0 aromatic heterocycles. The third-order valence-corrected chi connectivity index (χ3v) is 4.37. The van der Waals surface area contributed by atoms with E-state index in [9.17, 15) is 0 Å². The van der Waals surface area contributed by atoms with Gasteiger partial charge in [0.25, 0.3) is 0 Å². The van der Waals surface area contributed by atoms with Gasteiger partial charge in [0.1, 0.15) is 0 Å². The normalized spacial score (nSPS) is 37.2. The van der Waals surface area contributed by atoms with E-state index in [1.807, 2.05) is 0 Å². The van der Waals surface area contributed by atoms with Crippen molar-refractivity contribution in [3.8, 4) is 0 Å². The van der Waals surface area contributed by atoms with Crippen molar-refractivity contribution in [2.45, 2.75) is 44.0 Å². The number of hydrogen-bond donors (Lipinski definition) is 1. The Morgan fingerprint density at radius 2 is 2.12 bits per heavy atom. The highest BCUT2D eigenvalue weighted by atomic mass is 16.7. The van der Waals surface area contributed by atoms with Crippen LogP contribution in [0.1, 0.15) is 32.1 Å². The lowest BCUT2D eigenvalue weighted by Crippen LogP contribution is -2.34. The van der Waals surface area contributed by atoms with Crippen LogP contribution in [-0.2, 0) is 9.47 Å². The first-order valence-corrected chi connectivity index (χ1v) is 6.95. The van der Waals surface area contributed by atoms with Crippen LogP contribution in [-0.4, -0.2) is 54.7 Å². The fourth-order valence-corrected chi connectivity index (χ4v) is 3.40. The molecule has 3 aliphatic rings. The molecule has 0 amide bonds. The largest absolute Gasteiger partial charge is 0.396 e. The predicted octanol–water partition coefficient (Wildman–Crippen LogP) is 0.986. The molecular formula is C13H23NO3. The van der Waals surface area contributed by atoms with Gasteiger partial charge in [-0.15, -0.1) is 0 Å². The quantitative estimate of drug-likeness (QED) is 0.800. The maximum absolute atomic E-state index is 9.13. The SMILES string of the molecule is OCC1CCN(CC2COC3(CCCC3)O2)C1. The maximum atomic E-state index is 9.13. The fourth-order valence-electron chi connectivity index (χ4n) is 3.40. The van der Waals surface area contributed by atoms with Crippen molar-refractivity contribution < 1.29 is 14.6 Å². The Hall–Kier alpha value is -0.160. The molecular weight excluding hydrogens is 218 g/mol. The van der Waals surface area contributed by atoms with Gasteiger partial charge in [0.05, 0.1) is 12.7 Å². The van der Waals surface area contributed by atoms with Crippen LogP contribution < -0.4 is 0 Å². The second kappa shape index (κ2) is 4.84. The van der Waals surface area contributed by atoms with E-state index in [0.717, 1.165) is 45.5 Å². The molecule has 0 radical (unpaired) electrons. The van der Waals surface area contributed by atoms with Gasteiger partial charge in [-0.05, 0) is 31.7 Å². The lowest BCUT2D eigenvalue weighted by Gasteiger charge is -2.24. The van der Waals surface area contributed by atoms with E-state index in [1.54, 1.807) is 0 Å². The van der Waals surface area contributed by atoms with E-state index in [1.165, 1.54) is 12.8 Å². The van der Waals surface area contributed by atoms with Crippen LogP contribution in [0.4, 0.5) is 0 Å². The van der Waals surface area contributed by atoms with Gasteiger partial charge in [-0.25, -0.2) is 0 Å². The van der Waals surface area contributed by atoms with E-state index in [4.69, 9.17) is 14.6 Å². The van der Waals surface area contributed by atoms with E-state index >= 15 is 0 Å². The molecule has 1 aliphatic carbocycles. The number of rotatable bonds is 3. The van der Waals surface area contributed by atoms with Crippen LogP contribution in [0.15, 0.2) is 0 Å². The molecule has 17 heavy (non-hydrogen) atoms. The van der Waals surface area contributed by atoms with Gasteiger partial charge in [-0.1, -0.05) is 0 Å². The monoisotopic (exact) mass is 241 g/mol. The molecule has 98 valence electrons. The Morgan fingerprint density at radius 1 is 1.29 bits per heavy atom. The van der Waals surface area contributed by atoms with Crippen LogP contribution in [0.25, 0.3) is 0 Å². The standard InChI is InChI=1S/C13H23NO3/c15-9-11-3-6-14(7-11)8-12-10-16-13(17-12)4-1-2-5-13/h11-12,15H,1-10H2. The summed E-state index contributed by atoms with van der Waals surface area (Å²) in [6.07, 6.45) is 5.98. The molecule has 2 heterocycles. The number of nitrogens with zero attached hydrogens (tertiary/aromatic N) is 1. The summed E-state index contributed by atoms with van der Waals surface area (Å²) in [5, 5.41) is 9.13. The van der Waals surface area contributed by atoms with Gasteiger partial charge >= 0.3 is 0 Å². The first kappa shape index (κ1) is 11.9. The zero-order valence-corrected chi connectivity index (χ0v) is 10.4. The molecule has 2 saturated heterocycles. The Labute approximate surface area is 103 Å². The molecule has 3 rings (SSSR count). The first-order chi connectivity index (χ1) is 8.30. The van der Waals surface area contributed by atoms with Crippen LogP contribution >= 0.6 is 0 Å². The molecule has 2 aliphatic heterocycles. The van der Waals surface area contributed by atoms with Crippen molar-refractivity contribution in [3.05, 3.63) is 0 Å². The molecule has 4 heteroatoms. The fraction of sp³-hybridized carbons (Fsp3) is 1.00. The van der Waals surface area contributed by atoms with Crippen molar-refractivity contribution in [2.75, 3.05) is 32.8 Å². The Morgan fingerprint density at radius 3 is 2.82 bits per heavy atom. The number of aliphatic hydroxyl groups is 1. The number of likely N-dealkylation sites (tertiary alicyclic amines) is 1. The van der Waals surface area contributed by atoms with Crippen LogP contribution in [0, 0.1) is 5.92 Å². The van der Waals surface area contributed by atoms with Crippen molar-refractivity contribution in [2.24, 2.45) is 5.92 Å². The highest BCUT2D eigenvalue weighted by Gasteiger charge is 2.44. The Bertz CT molecular complexity index is 265. The van der Waals surface area contributed by atoms with Crippen molar-refractivity contribution in [3.63, 3.8) is 0 Å². The summed E-state index contributed by atoms with van der Waals surface area (Å²) in [4.78, 5) is 2.41. The third kappa shape index (κ3) is 2.50. The number of aliphatic hydroxyl groups excluding tert-OH is 1. The second-order valence-corrected chi connectivity index (χ2v) is 5.77. The molecule has 0 aromatic carbocycles. The maximum Gasteiger partial charge on any atom is 0.168 e. The average Bonchev–Trinajstić information content (AvgIpc) is 3.03. The van der Waals surface area contributed by atoms with Gasteiger partial charge < -0.3 is 19.5 Å². The molecule has 1 N–H and O–H groups in total. The Balaban J connectivity index is 1.47. The van der Waals surface area contributed by atoms with Gasteiger partial charge in [0, 0.05) is 32.5 Å². The molecule has 1 saturated carbocycles. The van der Waals surface area contributed by atoms with Crippen LogP contribution in [0.3, 0.4) is 0 Å². The minimum Gasteiger partial charge on any atom is -0.396 e. The molecule has 4 nitrogen and oxygen atoms in total. The van der Waals surface area contributed by atoms with Gasteiger partial charge in [-0.2, -0.15) is 0 Å². The van der Waals surface area contributed by atoms with Gasteiger partial charge in [0.2, 0.25) is 0 Å². The lowest BCUT2D eigenvalue weighted by atomic mass is 10.1. The van der Waals surface area contributed by atoms with E-state index in [0.29, 0.717) is 12.5 Å². The summed E-state index contributed by atoms with van der Waals surface area (Å²) in [6.45, 7) is 4.16. The summed E-state index contributed by atoms with van der Waals surface area (Å²) >= 11 is 0. The highest BCUT2D eigenvalue weighted by Crippen LogP contribution is 2.39. The third-order valence-electron chi connectivity index (χ3n) is 4.37. The molecule has 2 atom stereocenters. The van der Waals surface area contributed by atoms with Crippen molar-refractivity contribution in [1.29, 1.82) is 0 Å². The van der Waals surface area contributed by atoms with E-state index in [-0.39, 0.29) is 11.9 Å². The summed E-state index contributed by atoms with van der Waals surface area (Å²) in [5.41, 5.74) is 0. The molecule has 3 fully saturated rings. The first-order valence-electron chi connectivity index (χ1n) is 6.95. The van der Waals surface area contributed by atoms with Crippen LogP contribution in [0.5, 0.6) is 0 Å². The topological polar surface area (TPSA) is 41.9 Å². The predicted molar refractivity (Wildman–Crippen MR) is 63.7 cm³/mol. The minimum atomic E-state index is -0.221. The van der Waals surface area contributed by atoms with E-state index in [2.05, 4.69) is 4.90 Å². The summed E-state index contributed by atoms with van der Waals surface area (Å²) in [6, 6.07) is 0. The summed E-state index contributed by atoms with van der Waals surface area (Å²) in [5.74, 6) is 0.249. The molecule has 0 aromatic rings. The highest BCUT2D eigenvalue weighted by molar-refractivity contribution is 4.86. The van der Waals surface area contributed by atoms with Crippen molar-refractivity contribution in [1.82, 2.24) is 4.90 Å². The number of ether oxygens (including phenoxy) is 2. The average molecular weight is 241 g/mol. The Kier molecular flexibility index (Phi) is 3.39. The van der Waals surface area contributed by atoms with Gasteiger partial charge in [-0.3, -0.25) is 0 Å². The zero-order valence-electron chi connectivity index (χ0n) is 10.4. The zero-order chi connectivity index (χ0) is 11.7. The van der Waals surface area contributed by atoms with Crippen LogP contribution in [0.2, 0.25) is 0 Å². The minimum absolute atomic E-state index is 0.221.